The molecule has 0 saturated carbocycles. The van der Waals surface area contributed by atoms with Crippen molar-refractivity contribution in [3.05, 3.63) is 75.8 Å². The summed E-state index contributed by atoms with van der Waals surface area (Å²) in [6, 6.07) is 17.2. The molecule has 0 aliphatic carbocycles. The molecular weight excluding hydrogens is 444 g/mol. The molecule has 0 spiro atoms. The first-order valence-electron chi connectivity index (χ1n) is 9.90. The predicted octanol–water partition coefficient (Wildman–Crippen LogP) is 4.74. The number of nitrogens with one attached hydrogen (secondary N) is 1. The first-order chi connectivity index (χ1) is 15.3. The summed E-state index contributed by atoms with van der Waals surface area (Å²) in [6.07, 6.45) is 0. The lowest BCUT2D eigenvalue weighted by Gasteiger charge is -2.38. The molecule has 0 bridgehead atoms. The van der Waals surface area contributed by atoms with E-state index in [-0.39, 0.29) is 10.6 Å². The molecule has 0 atom stereocenters. The Hall–Kier alpha value is -3.10. The minimum atomic E-state index is -0.634. The number of thiocarbonyl (C=S) groups is 1. The van der Waals surface area contributed by atoms with Gasteiger partial charge in [0.25, 0.3) is 0 Å². The number of carbonyl (C=O) groups excluding carboxylic acids is 2. The Morgan fingerprint density at radius 2 is 1.59 bits per heavy atom. The highest BCUT2D eigenvalue weighted by Crippen LogP contribution is 2.51. The Balaban J connectivity index is 2.06. The molecule has 32 heavy (non-hydrogen) atoms. The molecular formula is C24H22N2O4S2. The Labute approximate surface area is 196 Å². The zero-order valence-corrected chi connectivity index (χ0v) is 19.7. The molecule has 0 fully saturated rings. The lowest BCUT2D eigenvalue weighted by Crippen LogP contribution is -2.44. The number of anilines is 2. The summed E-state index contributed by atoms with van der Waals surface area (Å²) in [5.41, 5.74) is 2.90. The maximum absolute atomic E-state index is 12.9. The number of methoxy groups -OCH3 is 2. The number of carbonyl (C=O) groups is 2. The topological polar surface area (TPSA) is 67.9 Å². The van der Waals surface area contributed by atoms with Gasteiger partial charge in [-0.05, 0) is 32.0 Å². The zero-order chi connectivity index (χ0) is 23.0. The van der Waals surface area contributed by atoms with Crippen molar-refractivity contribution in [3.8, 4) is 0 Å². The number of rotatable bonds is 3. The number of thioether (sulfide) groups is 1. The van der Waals surface area contributed by atoms with Crippen molar-refractivity contribution in [2.24, 2.45) is 0 Å². The SMILES string of the molecule is COC(=O)C1=C(C(=O)OC)N(c2ccccc2)C(=C2C(=S)C(C)(C)Nc3ccccc32)S1. The molecule has 0 saturated heterocycles. The Morgan fingerprint density at radius 1 is 0.969 bits per heavy atom. The van der Waals surface area contributed by atoms with E-state index in [1.54, 1.807) is 4.90 Å². The van der Waals surface area contributed by atoms with Gasteiger partial charge in [-0.3, -0.25) is 4.90 Å². The van der Waals surface area contributed by atoms with Crippen LogP contribution < -0.4 is 10.2 Å². The Kier molecular flexibility index (Phi) is 5.83. The van der Waals surface area contributed by atoms with Gasteiger partial charge in [0, 0.05) is 22.5 Å². The van der Waals surface area contributed by atoms with Crippen LogP contribution in [0.1, 0.15) is 19.4 Å². The molecule has 8 heteroatoms. The van der Waals surface area contributed by atoms with E-state index in [2.05, 4.69) is 5.32 Å². The lowest BCUT2D eigenvalue weighted by atomic mass is 9.85. The fourth-order valence-corrected chi connectivity index (χ4v) is 5.30. The van der Waals surface area contributed by atoms with Gasteiger partial charge in [-0.15, -0.1) is 0 Å². The molecule has 0 amide bonds. The number of esters is 2. The third-order valence-electron chi connectivity index (χ3n) is 5.26. The van der Waals surface area contributed by atoms with Crippen LogP contribution in [0.25, 0.3) is 5.57 Å². The van der Waals surface area contributed by atoms with E-state index >= 15 is 0 Å². The van der Waals surface area contributed by atoms with Crippen LogP contribution in [-0.4, -0.2) is 36.6 Å². The summed E-state index contributed by atoms with van der Waals surface area (Å²) in [6.45, 7) is 4.02. The predicted molar refractivity (Wildman–Crippen MR) is 131 cm³/mol. The molecule has 6 nitrogen and oxygen atoms in total. The zero-order valence-electron chi connectivity index (χ0n) is 18.1. The average Bonchev–Trinajstić information content (AvgIpc) is 3.19. The summed E-state index contributed by atoms with van der Waals surface area (Å²) < 4.78 is 10.1. The van der Waals surface area contributed by atoms with Gasteiger partial charge in [-0.2, -0.15) is 0 Å². The molecule has 1 N–H and O–H groups in total. The van der Waals surface area contributed by atoms with Crippen LogP contribution in [0.15, 0.2) is 70.2 Å². The van der Waals surface area contributed by atoms with Gasteiger partial charge in [0.15, 0.2) is 5.70 Å². The van der Waals surface area contributed by atoms with E-state index in [9.17, 15) is 9.59 Å². The molecule has 0 radical (unpaired) electrons. The second kappa shape index (κ2) is 8.44. The molecule has 2 heterocycles. The first kappa shape index (κ1) is 22.1. The van der Waals surface area contributed by atoms with E-state index in [4.69, 9.17) is 21.7 Å². The normalized spacial score (nSPS) is 19.4. The van der Waals surface area contributed by atoms with Crippen LogP contribution in [0.2, 0.25) is 0 Å². The van der Waals surface area contributed by atoms with Crippen molar-refractivity contribution in [3.63, 3.8) is 0 Å². The number of ether oxygens (including phenoxy) is 2. The summed E-state index contributed by atoms with van der Waals surface area (Å²) in [5.74, 6) is -1.25. The van der Waals surface area contributed by atoms with Gasteiger partial charge >= 0.3 is 11.9 Å². The minimum Gasteiger partial charge on any atom is -0.465 e. The third kappa shape index (κ3) is 3.59. The number of benzene rings is 2. The second-order valence-electron chi connectivity index (χ2n) is 7.74. The Bertz CT molecular complexity index is 1190. The highest BCUT2D eigenvalue weighted by atomic mass is 32.2. The number of hydrogen-bond acceptors (Lipinski definition) is 8. The number of hydrogen-bond donors (Lipinski definition) is 1. The van der Waals surface area contributed by atoms with Crippen molar-refractivity contribution < 1.29 is 19.1 Å². The molecule has 2 aromatic carbocycles. The summed E-state index contributed by atoms with van der Waals surface area (Å²) in [7, 11) is 2.58. The smallest absolute Gasteiger partial charge is 0.356 e. The van der Waals surface area contributed by atoms with E-state index in [0.29, 0.717) is 15.6 Å². The van der Waals surface area contributed by atoms with E-state index in [1.165, 1.54) is 26.0 Å². The maximum atomic E-state index is 12.9. The first-order valence-corrected chi connectivity index (χ1v) is 11.1. The summed E-state index contributed by atoms with van der Waals surface area (Å²) in [5, 5.41) is 4.14. The number of fused-ring (bicyclic) bond motifs is 1. The molecule has 4 rings (SSSR count). The molecule has 2 aliphatic rings. The maximum Gasteiger partial charge on any atom is 0.356 e. The molecule has 2 aliphatic heterocycles. The van der Waals surface area contributed by atoms with Crippen LogP contribution in [0.4, 0.5) is 11.4 Å². The minimum absolute atomic E-state index is 0.106. The van der Waals surface area contributed by atoms with E-state index < -0.39 is 17.5 Å². The van der Waals surface area contributed by atoms with Crippen LogP contribution in [0, 0.1) is 0 Å². The lowest BCUT2D eigenvalue weighted by molar-refractivity contribution is -0.138. The summed E-state index contributed by atoms with van der Waals surface area (Å²) in [4.78, 5) is 28.2. The van der Waals surface area contributed by atoms with Gasteiger partial charge in [-0.1, -0.05) is 60.4 Å². The van der Waals surface area contributed by atoms with Crippen molar-refractivity contribution in [2.75, 3.05) is 24.4 Å². The van der Waals surface area contributed by atoms with Crippen molar-refractivity contribution in [1.82, 2.24) is 0 Å². The number of nitrogens with zero attached hydrogens (tertiary/aromatic N) is 1. The highest BCUT2D eigenvalue weighted by Gasteiger charge is 2.43. The van der Waals surface area contributed by atoms with E-state index in [0.717, 1.165) is 16.8 Å². The second-order valence-corrected chi connectivity index (χ2v) is 9.15. The number of para-hydroxylation sites is 2. The van der Waals surface area contributed by atoms with Gasteiger partial charge in [0.2, 0.25) is 0 Å². The molecule has 0 unspecified atom stereocenters. The van der Waals surface area contributed by atoms with Crippen LogP contribution >= 0.6 is 24.0 Å². The fourth-order valence-electron chi connectivity index (χ4n) is 3.74. The van der Waals surface area contributed by atoms with Crippen molar-refractivity contribution in [2.45, 2.75) is 19.4 Å². The monoisotopic (exact) mass is 466 g/mol. The fraction of sp³-hybridized carbons (Fsp3) is 0.208. The van der Waals surface area contributed by atoms with Crippen molar-refractivity contribution in [1.29, 1.82) is 0 Å². The Morgan fingerprint density at radius 3 is 2.25 bits per heavy atom. The molecule has 164 valence electrons. The van der Waals surface area contributed by atoms with Crippen LogP contribution in [0.5, 0.6) is 0 Å². The molecule has 2 aromatic rings. The van der Waals surface area contributed by atoms with Gasteiger partial charge in [-0.25, -0.2) is 9.59 Å². The van der Waals surface area contributed by atoms with Gasteiger partial charge in [0.1, 0.15) is 4.91 Å². The summed E-state index contributed by atoms with van der Waals surface area (Å²) >= 11 is 7.10. The molecule has 0 aromatic heterocycles. The van der Waals surface area contributed by atoms with Crippen molar-refractivity contribution >= 4 is 57.7 Å². The highest BCUT2D eigenvalue weighted by molar-refractivity contribution is 8.08. The quantitative estimate of drug-likeness (QED) is 0.395. The van der Waals surface area contributed by atoms with Crippen LogP contribution in [0.3, 0.4) is 0 Å². The van der Waals surface area contributed by atoms with Gasteiger partial charge in [0.05, 0.1) is 29.7 Å². The largest absolute Gasteiger partial charge is 0.465 e. The van der Waals surface area contributed by atoms with E-state index in [1.807, 2.05) is 68.4 Å². The standard InChI is InChI=1S/C24H22N2O4S2/c1-24(2)20(31)17(15-12-8-9-13-16(15)25-24)21-26(14-10-6-5-7-11-14)18(22(27)29-3)19(32-21)23(28)30-4/h5-13,25H,1-4H3. The van der Waals surface area contributed by atoms with Crippen LogP contribution in [-0.2, 0) is 19.1 Å². The van der Waals surface area contributed by atoms with Gasteiger partial charge < -0.3 is 14.8 Å². The third-order valence-corrected chi connectivity index (χ3v) is 7.12. The average molecular weight is 467 g/mol.